The Morgan fingerprint density at radius 3 is 2.84 bits per heavy atom. The van der Waals surface area contributed by atoms with Crippen molar-refractivity contribution in [3.8, 4) is 0 Å². The van der Waals surface area contributed by atoms with Crippen LogP contribution in [0, 0.1) is 11.7 Å². The van der Waals surface area contributed by atoms with E-state index >= 15 is 0 Å². The minimum absolute atomic E-state index is 0.153. The van der Waals surface area contributed by atoms with Gasteiger partial charge in [-0.25, -0.2) is 4.39 Å². The van der Waals surface area contributed by atoms with Gasteiger partial charge < -0.3 is 10.6 Å². The van der Waals surface area contributed by atoms with Crippen molar-refractivity contribution in [1.82, 2.24) is 4.90 Å². The zero-order chi connectivity index (χ0) is 13.4. The highest BCUT2D eigenvalue weighted by Gasteiger charge is 2.38. The van der Waals surface area contributed by atoms with Gasteiger partial charge in [0.05, 0.1) is 5.56 Å². The summed E-state index contributed by atoms with van der Waals surface area (Å²) in [6, 6.07) is 4.63. The molecule has 2 N–H and O–H groups in total. The maximum atomic E-state index is 13.9. The summed E-state index contributed by atoms with van der Waals surface area (Å²) in [6.45, 7) is 0.762. The topological polar surface area (TPSA) is 46.3 Å². The second-order valence-electron chi connectivity index (χ2n) is 5.64. The largest absolute Gasteiger partial charge is 0.399 e. The van der Waals surface area contributed by atoms with E-state index in [9.17, 15) is 9.18 Å². The number of rotatable bonds is 1. The SMILES string of the molecule is Nc1ccc(C(=O)N2CCC3CCCCC32)c(F)c1. The zero-order valence-electron chi connectivity index (χ0n) is 10.9. The first kappa shape index (κ1) is 12.5. The molecule has 1 heterocycles. The Kier molecular flexibility index (Phi) is 3.17. The van der Waals surface area contributed by atoms with Crippen molar-refractivity contribution in [2.75, 3.05) is 12.3 Å². The first-order valence-electron chi connectivity index (χ1n) is 7.03. The molecule has 0 spiro atoms. The van der Waals surface area contributed by atoms with Crippen LogP contribution in [0.15, 0.2) is 18.2 Å². The van der Waals surface area contributed by atoms with Crippen LogP contribution in [0.1, 0.15) is 42.5 Å². The number of anilines is 1. The van der Waals surface area contributed by atoms with Gasteiger partial charge in [0.1, 0.15) is 5.82 Å². The highest BCUT2D eigenvalue weighted by molar-refractivity contribution is 5.95. The molecule has 1 aliphatic carbocycles. The fourth-order valence-electron chi connectivity index (χ4n) is 3.52. The molecule has 1 amide bonds. The Balaban J connectivity index is 1.83. The molecule has 2 unspecified atom stereocenters. The molecule has 2 fully saturated rings. The molecule has 19 heavy (non-hydrogen) atoms. The van der Waals surface area contributed by atoms with Crippen molar-refractivity contribution in [1.29, 1.82) is 0 Å². The molecule has 0 radical (unpaired) electrons. The van der Waals surface area contributed by atoms with Crippen molar-refractivity contribution >= 4 is 11.6 Å². The highest BCUT2D eigenvalue weighted by Crippen LogP contribution is 2.37. The quantitative estimate of drug-likeness (QED) is 0.791. The summed E-state index contributed by atoms with van der Waals surface area (Å²) in [5.74, 6) is -0.0642. The minimum Gasteiger partial charge on any atom is -0.399 e. The van der Waals surface area contributed by atoms with Crippen LogP contribution in [0.5, 0.6) is 0 Å². The number of hydrogen-bond acceptors (Lipinski definition) is 2. The second-order valence-corrected chi connectivity index (χ2v) is 5.64. The molecule has 1 saturated carbocycles. The van der Waals surface area contributed by atoms with Crippen molar-refractivity contribution in [3.05, 3.63) is 29.6 Å². The molecule has 1 aromatic carbocycles. The Hall–Kier alpha value is -1.58. The maximum Gasteiger partial charge on any atom is 0.257 e. The molecule has 102 valence electrons. The van der Waals surface area contributed by atoms with E-state index in [4.69, 9.17) is 5.73 Å². The van der Waals surface area contributed by atoms with Gasteiger partial charge in [-0.05, 0) is 43.4 Å². The van der Waals surface area contributed by atoms with Crippen LogP contribution < -0.4 is 5.73 Å². The number of benzene rings is 1. The van der Waals surface area contributed by atoms with Gasteiger partial charge in [-0.1, -0.05) is 12.8 Å². The van der Waals surface area contributed by atoms with Crippen LogP contribution >= 0.6 is 0 Å². The second kappa shape index (κ2) is 4.83. The van der Waals surface area contributed by atoms with Gasteiger partial charge in [0.15, 0.2) is 0 Å². The lowest BCUT2D eigenvalue weighted by Crippen LogP contribution is -2.39. The molecular weight excluding hydrogens is 243 g/mol. The van der Waals surface area contributed by atoms with Gasteiger partial charge in [-0.3, -0.25) is 4.79 Å². The first-order valence-corrected chi connectivity index (χ1v) is 7.03. The lowest BCUT2D eigenvalue weighted by Gasteiger charge is -2.31. The number of amides is 1. The Labute approximate surface area is 112 Å². The van der Waals surface area contributed by atoms with E-state index in [1.807, 2.05) is 4.90 Å². The smallest absolute Gasteiger partial charge is 0.257 e. The average Bonchev–Trinajstić information content (AvgIpc) is 2.82. The normalized spacial score (nSPS) is 26.3. The third kappa shape index (κ3) is 2.20. The predicted octanol–water partition coefficient (Wildman–Crippen LogP) is 2.81. The van der Waals surface area contributed by atoms with Gasteiger partial charge in [0.2, 0.25) is 0 Å². The molecule has 1 aliphatic heterocycles. The zero-order valence-corrected chi connectivity index (χ0v) is 10.9. The number of nitrogens with zero attached hydrogens (tertiary/aromatic N) is 1. The van der Waals surface area contributed by atoms with Crippen molar-refractivity contribution < 1.29 is 9.18 Å². The van der Waals surface area contributed by atoms with Crippen molar-refractivity contribution in [2.24, 2.45) is 5.92 Å². The van der Waals surface area contributed by atoms with Crippen LogP contribution in [-0.4, -0.2) is 23.4 Å². The standard InChI is InChI=1S/C15H19FN2O/c16-13-9-11(17)5-6-12(13)15(19)18-8-7-10-3-1-2-4-14(10)18/h5-6,9-10,14H,1-4,7-8,17H2. The first-order chi connectivity index (χ1) is 9.16. The molecule has 0 bridgehead atoms. The van der Waals surface area contributed by atoms with E-state index in [2.05, 4.69) is 0 Å². The summed E-state index contributed by atoms with van der Waals surface area (Å²) in [5, 5.41) is 0. The number of likely N-dealkylation sites (tertiary alicyclic amines) is 1. The summed E-state index contributed by atoms with van der Waals surface area (Å²) >= 11 is 0. The Morgan fingerprint density at radius 2 is 2.05 bits per heavy atom. The van der Waals surface area contributed by atoms with Gasteiger partial charge in [0.25, 0.3) is 5.91 Å². The van der Waals surface area contributed by atoms with Crippen LogP contribution in [0.2, 0.25) is 0 Å². The summed E-state index contributed by atoms with van der Waals surface area (Å²) in [7, 11) is 0. The van der Waals surface area contributed by atoms with Crippen molar-refractivity contribution in [3.63, 3.8) is 0 Å². The van der Waals surface area contributed by atoms with Crippen LogP contribution in [0.25, 0.3) is 0 Å². The monoisotopic (exact) mass is 262 g/mol. The van der Waals surface area contributed by atoms with Gasteiger partial charge in [-0.15, -0.1) is 0 Å². The summed E-state index contributed by atoms with van der Waals surface area (Å²) < 4.78 is 13.9. The van der Waals surface area contributed by atoms with E-state index in [0.29, 0.717) is 17.6 Å². The molecule has 1 saturated heterocycles. The van der Waals surface area contributed by atoms with Gasteiger partial charge in [0, 0.05) is 18.3 Å². The fraction of sp³-hybridized carbons (Fsp3) is 0.533. The molecule has 4 heteroatoms. The molecule has 3 nitrogen and oxygen atoms in total. The van der Waals surface area contributed by atoms with Gasteiger partial charge in [-0.2, -0.15) is 0 Å². The molecule has 3 rings (SSSR count). The molecule has 2 atom stereocenters. The Bertz CT molecular complexity index is 503. The fourth-order valence-corrected chi connectivity index (χ4v) is 3.52. The number of halogens is 1. The van der Waals surface area contributed by atoms with E-state index in [0.717, 1.165) is 19.4 Å². The predicted molar refractivity (Wildman–Crippen MR) is 72.2 cm³/mol. The van der Waals surface area contributed by atoms with E-state index < -0.39 is 5.82 Å². The minimum atomic E-state index is -0.510. The number of carbonyl (C=O) groups is 1. The molecule has 1 aromatic rings. The summed E-state index contributed by atoms with van der Waals surface area (Å²) in [5.41, 5.74) is 6.03. The van der Waals surface area contributed by atoms with Crippen molar-refractivity contribution in [2.45, 2.75) is 38.1 Å². The molecular formula is C15H19FN2O. The maximum absolute atomic E-state index is 13.9. The van der Waals surface area contributed by atoms with Crippen LogP contribution in [0.4, 0.5) is 10.1 Å². The van der Waals surface area contributed by atoms with E-state index in [1.165, 1.54) is 31.4 Å². The summed E-state index contributed by atoms with van der Waals surface area (Å²) in [4.78, 5) is 14.4. The third-order valence-corrected chi connectivity index (χ3v) is 4.49. The van der Waals surface area contributed by atoms with E-state index in [-0.39, 0.29) is 11.5 Å². The average molecular weight is 262 g/mol. The number of hydrogen-bond donors (Lipinski definition) is 1. The number of nitrogens with two attached hydrogens (primary N) is 1. The number of nitrogen functional groups attached to an aromatic ring is 1. The Morgan fingerprint density at radius 1 is 1.26 bits per heavy atom. The molecule has 2 aliphatic rings. The van der Waals surface area contributed by atoms with Gasteiger partial charge >= 0.3 is 0 Å². The van der Waals surface area contributed by atoms with E-state index in [1.54, 1.807) is 6.07 Å². The lowest BCUT2D eigenvalue weighted by atomic mass is 9.85. The number of carbonyl (C=O) groups excluding carboxylic acids is 1. The lowest BCUT2D eigenvalue weighted by molar-refractivity contribution is 0.0685. The molecule has 0 aromatic heterocycles. The summed E-state index contributed by atoms with van der Waals surface area (Å²) in [6.07, 6.45) is 5.77. The third-order valence-electron chi connectivity index (χ3n) is 4.49. The highest BCUT2D eigenvalue weighted by atomic mass is 19.1. The number of fused-ring (bicyclic) bond motifs is 1. The van der Waals surface area contributed by atoms with Crippen LogP contribution in [0.3, 0.4) is 0 Å². The van der Waals surface area contributed by atoms with Crippen LogP contribution in [-0.2, 0) is 0 Å².